The van der Waals surface area contributed by atoms with Crippen molar-refractivity contribution in [3.63, 3.8) is 0 Å². The van der Waals surface area contributed by atoms with Gasteiger partial charge < -0.3 is 0 Å². The molecule has 0 aliphatic heterocycles. The average Bonchev–Trinajstić information content (AvgIpc) is 1.80. The van der Waals surface area contributed by atoms with Gasteiger partial charge in [0.2, 0.25) is 0 Å². The quantitative estimate of drug-likeness (QED) is 0.395. The molecule has 0 saturated heterocycles. The van der Waals surface area contributed by atoms with Crippen molar-refractivity contribution in [2.45, 2.75) is 32.6 Å². The molecule has 9 heavy (non-hydrogen) atoms. The van der Waals surface area contributed by atoms with Crippen LogP contribution in [0.1, 0.15) is 32.6 Å². The fourth-order valence-corrected chi connectivity index (χ4v) is 0.855. The van der Waals surface area contributed by atoms with Gasteiger partial charge in [-0.2, -0.15) is 4.90 Å². The molecule has 0 aliphatic carbocycles. The summed E-state index contributed by atoms with van der Waals surface area (Å²) in [5, 5.41) is 0. The van der Waals surface area contributed by atoms with E-state index < -0.39 is 0 Å². The van der Waals surface area contributed by atoms with Crippen molar-refractivity contribution in [1.29, 1.82) is 0 Å². The molecule has 0 fully saturated rings. The molecule has 1 radical (unpaired) electrons. The van der Waals surface area contributed by atoms with Crippen LogP contribution in [-0.2, 0) is 0 Å². The predicted octanol–water partition coefficient (Wildman–Crippen LogP) is 1.97. The zero-order chi connectivity index (χ0) is 7.11. The molecule has 0 N–H and O–H groups in total. The summed E-state index contributed by atoms with van der Waals surface area (Å²) in [6.45, 7) is 3.50. The summed E-state index contributed by atoms with van der Waals surface area (Å²) in [5.74, 6) is 0. The minimum Gasteiger partial charge on any atom is -0.175 e. The molecule has 0 heterocycles. The highest BCUT2D eigenvalue weighted by molar-refractivity contribution is 4.48. The standard InChI is InChI=1S/C8H19N/c1-4-5-6-7-8-9(2)3/h4-8H2,1-3H3/q+1. The zero-order valence-electron chi connectivity index (χ0n) is 6.98. The molecule has 0 aromatic rings. The molecule has 0 amide bonds. The monoisotopic (exact) mass is 129 g/mol. The summed E-state index contributed by atoms with van der Waals surface area (Å²) in [4.78, 5) is 2.25. The summed E-state index contributed by atoms with van der Waals surface area (Å²) in [6.07, 6.45) is 5.50. The van der Waals surface area contributed by atoms with Gasteiger partial charge in [0, 0.05) is 6.42 Å². The van der Waals surface area contributed by atoms with E-state index in [9.17, 15) is 0 Å². The van der Waals surface area contributed by atoms with Gasteiger partial charge in [-0.05, 0) is 6.42 Å². The minimum atomic E-state index is 1.25. The van der Waals surface area contributed by atoms with Crippen molar-refractivity contribution in [2.24, 2.45) is 0 Å². The second-order valence-corrected chi connectivity index (χ2v) is 2.86. The smallest absolute Gasteiger partial charge is 0.122 e. The summed E-state index contributed by atoms with van der Waals surface area (Å²) in [6, 6.07) is 0. The van der Waals surface area contributed by atoms with Gasteiger partial charge in [0.1, 0.15) is 20.6 Å². The van der Waals surface area contributed by atoms with E-state index in [1.165, 1.54) is 32.2 Å². The van der Waals surface area contributed by atoms with E-state index in [1.54, 1.807) is 0 Å². The third-order valence-electron chi connectivity index (χ3n) is 1.46. The SMILES string of the molecule is CCCCCC[N+](C)C. The molecular weight excluding hydrogens is 110 g/mol. The molecule has 1 heteroatoms. The summed E-state index contributed by atoms with van der Waals surface area (Å²) < 4.78 is 0. The van der Waals surface area contributed by atoms with Crippen molar-refractivity contribution in [3.05, 3.63) is 0 Å². The lowest BCUT2D eigenvalue weighted by molar-refractivity contribution is 0.517. The topological polar surface area (TPSA) is 5.90 Å². The van der Waals surface area contributed by atoms with E-state index in [0.717, 1.165) is 0 Å². The molecule has 0 bridgehead atoms. The Balaban J connectivity index is 2.75. The van der Waals surface area contributed by atoms with Gasteiger partial charge >= 0.3 is 0 Å². The predicted molar refractivity (Wildman–Crippen MR) is 43.0 cm³/mol. The van der Waals surface area contributed by atoms with Crippen LogP contribution in [0.2, 0.25) is 0 Å². The first-order valence-electron chi connectivity index (χ1n) is 3.92. The maximum absolute atomic E-state index is 2.25. The van der Waals surface area contributed by atoms with Crippen LogP contribution in [0.3, 0.4) is 0 Å². The second-order valence-electron chi connectivity index (χ2n) is 2.86. The van der Waals surface area contributed by atoms with E-state index in [0.29, 0.717) is 0 Å². The van der Waals surface area contributed by atoms with Crippen LogP contribution in [0.4, 0.5) is 0 Å². The van der Waals surface area contributed by atoms with Gasteiger partial charge in [0.05, 0.1) is 0 Å². The fraction of sp³-hybridized carbons (Fsp3) is 1.00. The van der Waals surface area contributed by atoms with E-state index in [1.807, 2.05) is 0 Å². The summed E-state index contributed by atoms with van der Waals surface area (Å²) >= 11 is 0. The lowest BCUT2D eigenvalue weighted by atomic mass is 10.2. The van der Waals surface area contributed by atoms with Crippen molar-refractivity contribution in [3.8, 4) is 0 Å². The maximum Gasteiger partial charge on any atom is 0.122 e. The molecular formula is C8H19N+. The van der Waals surface area contributed by atoms with Gasteiger partial charge in [-0.25, -0.2) is 0 Å². The van der Waals surface area contributed by atoms with Gasteiger partial charge in [0.25, 0.3) is 0 Å². The normalized spacial score (nSPS) is 10.7. The molecule has 0 atom stereocenters. The van der Waals surface area contributed by atoms with E-state index in [4.69, 9.17) is 0 Å². The Morgan fingerprint density at radius 2 is 1.67 bits per heavy atom. The Labute approximate surface area is 59.1 Å². The molecule has 1 nitrogen and oxygen atoms in total. The number of unbranched alkanes of at least 4 members (excludes halogenated alkanes) is 3. The van der Waals surface area contributed by atoms with E-state index in [-0.39, 0.29) is 0 Å². The Morgan fingerprint density at radius 1 is 1.00 bits per heavy atom. The third kappa shape index (κ3) is 7.96. The number of rotatable bonds is 5. The molecule has 0 aromatic heterocycles. The summed E-state index contributed by atoms with van der Waals surface area (Å²) in [5.41, 5.74) is 0. The van der Waals surface area contributed by atoms with Crippen LogP contribution < -0.4 is 4.90 Å². The van der Waals surface area contributed by atoms with Gasteiger partial charge in [-0.15, -0.1) is 0 Å². The van der Waals surface area contributed by atoms with E-state index >= 15 is 0 Å². The van der Waals surface area contributed by atoms with Crippen molar-refractivity contribution < 1.29 is 0 Å². The highest BCUT2D eigenvalue weighted by Gasteiger charge is 1.96. The van der Waals surface area contributed by atoms with Crippen molar-refractivity contribution >= 4 is 0 Å². The highest BCUT2D eigenvalue weighted by Crippen LogP contribution is 1.97. The largest absolute Gasteiger partial charge is 0.175 e. The van der Waals surface area contributed by atoms with E-state index in [2.05, 4.69) is 25.9 Å². The van der Waals surface area contributed by atoms with Gasteiger partial charge in [0.15, 0.2) is 0 Å². The van der Waals surface area contributed by atoms with Crippen molar-refractivity contribution in [2.75, 3.05) is 20.6 Å². The number of nitrogens with zero attached hydrogens (tertiary/aromatic N) is 1. The Hall–Kier alpha value is -0.0400. The second kappa shape index (κ2) is 6.09. The maximum atomic E-state index is 2.25. The average molecular weight is 129 g/mol. The first kappa shape index (κ1) is 8.96. The Kier molecular flexibility index (Phi) is 6.06. The number of hydrogen-bond acceptors (Lipinski definition) is 1. The van der Waals surface area contributed by atoms with Crippen LogP contribution in [0.25, 0.3) is 0 Å². The van der Waals surface area contributed by atoms with Crippen LogP contribution >= 0.6 is 0 Å². The minimum absolute atomic E-state index is 1.25. The third-order valence-corrected chi connectivity index (χ3v) is 1.46. The molecule has 0 saturated carbocycles. The fourth-order valence-electron chi connectivity index (χ4n) is 0.855. The van der Waals surface area contributed by atoms with Crippen LogP contribution in [-0.4, -0.2) is 20.6 Å². The lowest BCUT2D eigenvalue weighted by Gasteiger charge is -1.98. The lowest BCUT2D eigenvalue weighted by Crippen LogP contribution is -2.19. The Morgan fingerprint density at radius 3 is 2.11 bits per heavy atom. The van der Waals surface area contributed by atoms with Gasteiger partial charge in [-0.1, -0.05) is 19.8 Å². The zero-order valence-corrected chi connectivity index (χ0v) is 6.98. The molecule has 0 rings (SSSR count). The molecule has 55 valence electrons. The number of hydrogen-bond donors (Lipinski definition) is 0. The molecule has 0 aliphatic rings. The van der Waals surface area contributed by atoms with Crippen molar-refractivity contribution in [1.82, 2.24) is 4.90 Å². The first-order chi connectivity index (χ1) is 4.27. The summed E-state index contributed by atoms with van der Waals surface area (Å²) in [7, 11) is 4.26. The van der Waals surface area contributed by atoms with Crippen LogP contribution in [0, 0.1) is 0 Å². The van der Waals surface area contributed by atoms with Crippen LogP contribution in [0.5, 0.6) is 0 Å². The molecule has 0 unspecified atom stereocenters. The first-order valence-corrected chi connectivity index (χ1v) is 3.92. The van der Waals surface area contributed by atoms with Gasteiger partial charge in [-0.3, -0.25) is 0 Å². The molecule has 0 spiro atoms. The van der Waals surface area contributed by atoms with Crippen LogP contribution in [0.15, 0.2) is 0 Å². The Bertz CT molecular complexity index is 50.5. The molecule has 0 aromatic carbocycles. The highest BCUT2D eigenvalue weighted by atomic mass is 15.0.